The molecule has 0 bridgehead atoms. The molecular formula is C11H9NO3. The van der Waals surface area contributed by atoms with Crippen LogP contribution in [-0.4, -0.2) is 17.0 Å². The zero-order valence-electron chi connectivity index (χ0n) is 7.86. The van der Waals surface area contributed by atoms with Gasteiger partial charge in [-0.05, 0) is 18.2 Å². The largest absolute Gasteiger partial charge is 0.478 e. The number of carbonyl (C=O) groups is 2. The fourth-order valence-electron chi connectivity index (χ4n) is 0.963. The molecule has 0 fully saturated rings. The molecule has 4 nitrogen and oxygen atoms in total. The van der Waals surface area contributed by atoms with Gasteiger partial charge in [0, 0.05) is 5.56 Å². The Morgan fingerprint density at radius 2 is 2.13 bits per heavy atom. The first-order valence-electron chi connectivity index (χ1n) is 4.20. The molecule has 0 aliphatic rings. The number of carboxylic acids is 1. The summed E-state index contributed by atoms with van der Waals surface area (Å²) in [5.41, 5.74) is 5.62. The van der Waals surface area contributed by atoms with Crippen LogP contribution in [0, 0.1) is 11.8 Å². The second kappa shape index (κ2) is 4.82. The molecule has 1 aromatic rings. The minimum atomic E-state index is -1.01. The highest BCUT2D eigenvalue weighted by Gasteiger charge is 2.00. The molecule has 1 amide bonds. The van der Waals surface area contributed by atoms with Crippen LogP contribution in [0.25, 0.3) is 0 Å². The number of amides is 1. The summed E-state index contributed by atoms with van der Waals surface area (Å²) in [6, 6.07) is 6.18. The van der Waals surface area contributed by atoms with Gasteiger partial charge in [0.05, 0.1) is 12.0 Å². The maximum Gasteiger partial charge on any atom is 0.335 e. The van der Waals surface area contributed by atoms with Gasteiger partial charge in [0.25, 0.3) is 0 Å². The van der Waals surface area contributed by atoms with Crippen LogP contribution in [0.1, 0.15) is 22.3 Å². The van der Waals surface area contributed by atoms with Crippen molar-refractivity contribution >= 4 is 11.9 Å². The zero-order chi connectivity index (χ0) is 11.3. The number of rotatable bonds is 2. The van der Waals surface area contributed by atoms with Crippen molar-refractivity contribution in [2.45, 2.75) is 6.42 Å². The van der Waals surface area contributed by atoms with Crippen molar-refractivity contribution in [3.63, 3.8) is 0 Å². The fraction of sp³-hybridized carbons (Fsp3) is 0.0909. The predicted molar refractivity (Wildman–Crippen MR) is 54.1 cm³/mol. The highest BCUT2D eigenvalue weighted by Crippen LogP contribution is 2.03. The lowest BCUT2D eigenvalue weighted by Gasteiger charge is -1.94. The van der Waals surface area contributed by atoms with Gasteiger partial charge in [0.1, 0.15) is 0 Å². The van der Waals surface area contributed by atoms with E-state index >= 15 is 0 Å². The summed E-state index contributed by atoms with van der Waals surface area (Å²) in [4.78, 5) is 21.0. The van der Waals surface area contributed by atoms with Gasteiger partial charge in [-0.3, -0.25) is 4.79 Å². The number of carboxylic acid groups (broad SMARTS) is 1. The number of benzene rings is 1. The van der Waals surface area contributed by atoms with Crippen molar-refractivity contribution in [1.29, 1.82) is 0 Å². The van der Waals surface area contributed by atoms with E-state index in [9.17, 15) is 9.59 Å². The fourth-order valence-corrected chi connectivity index (χ4v) is 0.963. The van der Waals surface area contributed by atoms with E-state index in [-0.39, 0.29) is 12.0 Å². The van der Waals surface area contributed by atoms with Crippen LogP contribution in [0.5, 0.6) is 0 Å². The molecule has 0 aliphatic heterocycles. The Morgan fingerprint density at radius 1 is 1.40 bits per heavy atom. The molecule has 4 heteroatoms. The second-order valence-corrected chi connectivity index (χ2v) is 2.83. The Kier molecular flexibility index (Phi) is 3.47. The van der Waals surface area contributed by atoms with E-state index in [1.165, 1.54) is 12.1 Å². The van der Waals surface area contributed by atoms with Gasteiger partial charge in [-0.2, -0.15) is 0 Å². The van der Waals surface area contributed by atoms with Crippen molar-refractivity contribution in [2.24, 2.45) is 5.73 Å². The monoisotopic (exact) mass is 203 g/mol. The Balaban J connectivity index is 2.85. The third-order valence-electron chi connectivity index (χ3n) is 1.60. The Bertz CT molecular complexity index is 454. The molecular weight excluding hydrogens is 194 g/mol. The highest BCUT2D eigenvalue weighted by molar-refractivity contribution is 5.88. The molecule has 0 aromatic heterocycles. The van der Waals surface area contributed by atoms with E-state index in [4.69, 9.17) is 10.8 Å². The predicted octanol–water partition coefficient (Wildman–Crippen LogP) is 0.612. The number of primary amides is 1. The van der Waals surface area contributed by atoms with Crippen LogP contribution in [0.15, 0.2) is 24.3 Å². The molecule has 15 heavy (non-hydrogen) atoms. The summed E-state index contributed by atoms with van der Waals surface area (Å²) in [7, 11) is 0. The molecule has 0 heterocycles. The molecule has 1 aromatic carbocycles. The van der Waals surface area contributed by atoms with Gasteiger partial charge in [0.2, 0.25) is 5.91 Å². The van der Waals surface area contributed by atoms with Crippen molar-refractivity contribution in [3.8, 4) is 11.8 Å². The lowest BCUT2D eigenvalue weighted by Crippen LogP contribution is -2.08. The quantitative estimate of drug-likeness (QED) is 0.691. The molecule has 0 saturated carbocycles. The maximum atomic E-state index is 10.6. The summed E-state index contributed by atoms with van der Waals surface area (Å²) in [6.45, 7) is 0. The second-order valence-electron chi connectivity index (χ2n) is 2.83. The Hall–Kier alpha value is -2.28. The maximum absolute atomic E-state index is 10.6. The molecule has 0 radical (unpaired) electrons. The number of carbonyl (C=O) groups excluding carboxylic acids is 1. The topological polar surface area (TPSA) is 80.4 Å². The van der Waals surface area contributed by atoms with Crippen LogP contribution in [-0.2, 0) is 4.79 Å². The molecule has 3 N–H and O–H groups in total. The first-order chi connectivity index (χ1) is 7.09. The van der Waals surface area contributed by atoms with Gasteiger partial charge < -0.3 is 10.8 Å². The van der Waals surface area contributed by atoms with Crippen LogP contribution in [0.4, 0.5) is 0 Å². The lowest BCUT2D eigenvalue weighted by molar-refractivity contribution is -0.117. The normalized spacial score (nSPS) is 8.80. The first kappa shape index (κ1) is 10.8. The number of aromatic carboxylic acids is 1. The molecule has 0 atom stereocenters. The van der Waals surface area contributed by atoms with Crippen LogP contribution >= 0.6 is 0 Å². The standard InChI is InChI=1S/C11H9NO3/c12-10(13)6-2-4-8-3-1-5-9(7-8)11(14)15/h1,3,5,7H,6H2,(H2,12,13)(H,14,15). The molecule has 76 valence electrons. The summed E-state index contributed by atoms with van der Waals surface area (Å²) in [6.07, 6.45) is -0.0305. The summed E-state index contributed by atoms with van der Waals surface area (Å²) in [5.74, 6) is 3.70. The van der Waals surface area contributed by atoms with Crippen LogP contribution in [0.2, 0.25) is 0 Å². The van der Waals surface area contributed by atoms with Gasteiger partial charge in [-0.25, -0.2) is 4.79 Å². The van der Waals surface area contributed by atoms with E-state index in [0.29, 0.717) is 5.56 Å². The summed E-state index contributed by atoms with van der Waals surface area (Å²) < 4.78 is 0. The van der Waals surface area contributed by atoms with Crippen molar-refractivity contribution in [3.05, 3.63) is 35.4 Å². The summed E-state index contributed by atoms with van der Waals surface area (Å²) >= 11 is 0. The molecule has 1 rings (SSSR count). The van der Waals surface area contributed by atoms with E-state index < -0.39 is 11.9 Å². The summed E-state index contributed by atoms with van der Waals surface area (Å²) in [5, 5.41) is 8.70. The molecule has 0 unspecified atom stereocenters. The van der Waals surface area contributed by atoms with E-state index in [0.717, 1.165) is 0 Å². The van der Waals surface area contributed by atoms with Gasteiger partial charge in [-0.1, -0.05) is 17.9 Å². The zero-order valence-corrected chi connectivity index (χ0v) is 7.86. The highest BCUT2D eigenvalue weighted by atomic mass is 16.4. The van der Waals surface area contributed by atoms with Gasteiger partial charge in [-0.15, -0.1) is 0 Å². The average molecular weight is 203 g/mol. The minimum Gasteiger partial charge on any atom is -0.478 e. The number of nitrogens with two attached hydrogens (primary N) is 1. The van der Waals surface area contributed by atoms with E-state index in [2.05, 4.69) is 11.8 Å². The average Bonchev–Trinajstić information content (AvgIpc) is 2.17. The molecule has 0 aliphatic carbocycles. The molecule has 0 spiro atoms. The first-order valence-corrected chi connectivity index (χ1v) is 4.20. The third kappa shape index (κ3) is 3.53. The van der Waals surface area contributed by atoms with Crippen LogP contribution in [0.3, 0.4) is 0 Å². The van der Waals surface area contributed by atoms with Gasteiger partial charge in [0.15, 0.2) is 0 Å². The third-order valence-corrected chi connectivity index (χ3v) is 1.60. The Labute approximate surface area is 86.7 Å². The van der Waals surface area contributed by atoms with Crippen molar-refractivity contribution in [1.82, 2.24) is 0 Å². The number of hydrogen-bond acceptors (Lipinski definition) is 2. The van der Waals surface area contributed by atoms with Gasteiger partial charge >= 0.3 is 5.97 Å². The van der Waals surface area contributed by atoms with Crippen LogP contribution < -0.4 is 5.73 Å². The Morgan fingerprint density at radius 3 is 2.73 bits per heavy atom. The molecule has 0 saturated heterocycles. The van der Waals surface area contributed by atoms with Crippen molar-refractivity contribution < 1.29 is 14.7 Å². The van der Waals surface area contributed by atoms with Crippen molar-refractivity contribution in [2.75, 3.05) is 0 Å². The van der Waals surface area contributed by atoms with E-state index in [1.807, 2.05) is 0 Å². The van der Waals surface area contributed by atoms with E-state index in [1.54, 1.807) is 12.1 Å². The SMILES string of the molecule is NC(=O)CC#Cc1cccc(C(=O)O)c1. The minimum absolute atomic E-state index is 0.0305. The smallest absolute Gasteiger partial charge is 0.335 e. The number of hydrogen-bond donors (Lipinski definition) is 2. The lowest BCUT2D eigenvalue weighted by atomic mass is 10.1.